The number of ether oxygens (including phenoxy) is 4. The van der Waals surface area contributed by atoms with E-state index in [2.05, 4.69) is 10.6 Å². The van der Waals surface area contributed by atoms with Crippen molar-refractivity contribution in [3.05, 3.63) is 29.8 Å². The lowest BCUT2D eigenvalue weighted by Crippen LogP contribution is -2.60. The molecule has 2 rings (SSSR count). The van der Waals surface area contributed by atoms with Gasteiger partial charge in [-0.05, 0) is 31.3 Å². The van der Waals surface area contributed by atoms with Gasteiger partial charge in [-0.25, -0.2) is 0 Å². The average Bonchev–Trinajstić information content (AvgIpc) is 2.78. The van der Waals surface area contributed by atoms with Crippen LogP contribution in [0.5, 0.6) is 5.75 Å². The molecule has 1 saturated heterocycles. The van der Waals surface area contributed by atoms with Crippen molar-refractivity contribution in [2.24, 2.45) is 0 Å². The smallest absolute Gasteiger partial charge is 0.308 e. The zero-order valence-corrected chi connectivity index (χ0v) is 19.1. The molecule has 1 fully saturated rings. The van der Waals surface area contributed by atoms with Gasteiger partial charge >= 0.3 is 5.97 Å². The number of para-hydroxylation sites is 1. The number of carbonyl (C=O) groups is 3. The highest BCUT2D eigenvalue weighted by Crippen LogP contribution is 2.18. The zero-order valence-electron chi connectivity index (χ0n) is 18.3. The SMILES string of the molecule is CCOCCOc1ccccc1C(=O)NC(=S)N1CCNC(=O)C1CC(=O)OCCOC. The van der Waals surface area contributed by atoms with E-state index in [4.69, 9.17) is 31.2 Å². The summed E-state index contributed by atoms with van der Waals surface area (Å²) in [5.41, 5.74) is 0.295. The highest BCUT2D eigenvalue weighted by atomic mass is 32.1. The first-order chi connectivity index (χ1) is 15.5. The molecule has 1 aliphatic rings. The van der Waals surface area contributed by atoms with Crippen LogP contribution in [0, 0.1) is 0 Å². The second-order valence-corrected chi connectivity index (χ2v) is 7.11. The molecule has 1 unspecified atom stereocenters. The summed E-state index contributed by atoms with van der Waals surface area (Å²) in [7, 11) is 1.49. The lowest BCUT2D eigenvalue weighted by atomic mass is 10.1. The third kappa shape index (κ3) is 7.74. The molecule has 0 aromatic heterocycles. The molecule has 2 amide bonds. The Hall–Kier alpha value is -2.76. The summed E-state index contributed by atoms with van der Waals surface area (Å²) >= 11 is 5.39. The van der Waals surface area contributed by atoms with Crippen molar-refractivity contribution in [2.45, 2.75) is 19.4 Å². The second-order valence-electron chi connectivity index (χ2n) is 6.72. The summed E-state index contributed by atoms with van der Waals surface area (Å²) in [4.78, 5) is 38.8. The number of benzene rings is 1. The van der Waals surface area contributed by atoms with Gasteiger partial charge in [-0.15, -0.1) is 0 Å². The Bertz CT molecular complexity index is 805. The van der Waals surface area contributed by atoms with E-state index in [1.54, 1.807) is 24.3 Å². The summed E-state index contributed by atoms with van der Waals surface area (Å²) in [5, 5.41) is 5.38. The second kappa shape index (κ2) is 13.6. The predicted molar refractivity (Wildman–Crippen MR) is 119 cm³/mol. The Morgan fingerprint density at radius 3 is 2.75 bits per heavy atom. The van der Waals surface area contributed by atoms with Gasteiger partial charge in [0.25, 0.3) is 5.91 Å². The molecule has 0 bridgehead atoms. The largest absolute Gasteiger partial charge is 0.490 e. The lowest BCUT2D eigenvalue weighted by Gasteiger charge is -2.36. The molecule has 0 aliphatic carbocycles. The molecule has 176 valence electrons. The van der Waals surface area contributed by atoms with E-state index in [9.17, 15) is 14.4 Å². The van der Waals surface area contributed by atoms with Crippen molar-refractivity contribution in [1.82, 2.24) is 15.5 Å². The van der Waals surface area contributed by atoms with E-state index in [0.29, 0.717) is 44.2 Å². The van der Waals surface area contributed by atoms with Crippen molar-refractivity contribution in [2.75, 3.05) is 53.2 Å². The number of rotatable bonds is 11. The van der Waals surface area contributed by atoms with Gasteiger partial charge in [-0.1, -0.05) is 12.1 Å². The summed E-state index contributed by atoms with van der Waals surface area (Å²) in [6.07, 6.45) is -0.206. The summed E-state index contributed by atoms with van der Waals surface area (Å²) in [6.45, 7) is 4.17. The number of carbonyl (C=O) groups excluding carboxylic acids is 3. The standard InChI is InChI=1S/C21H29N3O7S/c1-3-29-11-13-30-17-7-5-4-6-15(17)19(26)23-21(32)24-9-8-22-20(27)16(24)14-18(25)31-12-10-28-2/h4-7,16H,3,8-14H2,1-2H3,(H,22,27)(H,23,26,32). The van der Waals surface area contributed by atoms with Crippen molar-refractivity contribution in [3.63, 3.8) is 0 Å². The fraction of sp³-hybridized carbons (Fsp3) is 0.524. The number of piperazine rings is 1. The fourth-order valence-electron chi connectivity index (χ4n) is 2.99. The van der Waals surface area contributed by atoms with Crippen LogP contribution in [0.1, 0.15) is 23.7 Å². The van der Waals surface area contributed by atoms with E-state index in [1.165, 1.54) is 12.0 Å². The van der Waals surface area contributed by atoms with Crippen LogP contribution in [0.2, 0.25) is 0 Å². The van der Waals surface area contributed by atoms with Gasteiger partial charge in [0.1, 0.15) is 25.0 Å². The topological polar surface area (TPSA) is 115 Å². The molecule has 1 heterocycles. The molecule has 1 aromatic rings. The molecule has 32 heavy (non-hydrogen) atoms. The first-order valence-corrected chi connectivity index (χ1v) is 10.7. The maximum atomic E-state index is 12.8. The van der Waals surface area contributed by atoms with Gasteiger partial charge in [-0.2, -0.15) is 0 Å². The van der Waals surface area contributed by atoms with E-state index in [-0.39, 0.29) is 30.7 Å². The molecule has 0 radical (unpaired) electrons. The summed E-state index contributed by atoms with van der Waals surface area (Å²) < 4.78 is 20.8. The first kappa shape index (κ1) is 25.5. The van der Waals surface area contributed by atoms with E-state index in [1.807, 2.05) is 6.92 Å². The average molecular weight is 468 g/mol. The van der Waals surface area contributed by atoms with Gasteiger partial charge in [-0.3, -0.25) is 19.7 Å². The number of hydrogen-bond donors (Lipinski definition) is 2. The van der Waals surface area contributed by atoms with Crippen LogP contribution >= 0.6 is 12.2 Å². The molecule has 1 aromatic carbocycles. The van der Waals surface area contributed by atoms with Crippen molar-refractivity contribution < 1.29 is 33.3 Å². The molecule has 10 nitrogen and oxygen atoms in total. The Morgan fingerprint density at radius 1 is 1.22 bits per heavy atom. The van der Waals surface area contributed by atoms with Crippen molar-refractivity contribution in [1.29, 1.82) is 0 Å². The van der Waals surface area contributed by atoms with Crippen LogP contribution in [0.3, 0.4) is 0 Å². The predicted octanol–water partition coefficient (Wildman–Crippen LogP) is 0.497. The zero-order chi connectivity index (χ0) is 23.3. The summed E-state index contributed by atoms with van der Waals surface area (Å²) in [5.74, 6) is -1.01. The lowest BCUT2D eigenvalue weighted by molar-refractivity contribution is -0.148. The van der Waals surface area contributed by atoms with Crippen LogP contribution in [-0.2, 0) is 23.8 Å². The van der Waals surface area contributed by atoms with Crippen LogP contribution in [0.15, 0.2) is 24.3 Å². The minimum atomic E-state index is -0.885. The Morgan fingerprint density at radius 2 is 2.00 bits per heavy atom. The number of nitrogens with zero attached hydrogens (tertiary/aromatic N) is 1. The van der Waals surface area contributed by atoms with Crippen LogP contribution in [-0.4, -0.2) is 87.1 Å². The number of thiocarbonyl (C=S) groups is 1. The van der Waals surface area contributed by atoms with E-state index < -0.39 is 17.9 Å². The molecule has 2 N–H and O–H groups in total. The van der Waals surface area contributed by atoms with Gasteiger partial charge in [0.2, 0.25) is 5.91 Å². The highest BCUT2D eigenvalue weighted by molar-refractivity contribution is 7.80. The van der Waals surface area contributed by atoms with Crippen LogP contribution in [0.25, 0.3) is 0 Å². The monoisotopic (exact) mass is 467 g/mol. The number of hydrogen-bond acceptors (Lipinski definition) is 8. The molecule has 0 spiro atoms. The van der Waals surface area contributed by atoms with E-state index in [0.717, 1.165) is 0 Å². The highest BCUT2D eigenvalue weighted by Gasteiger charge is 2.34. The maximum Gasteiger partial charge on any atom is 0.308 e. The summed E-state index contributed by atoms with van der Waals surface area (Å²) in [6, 6.07) is 5.87. The number of esters is 1. The van der Waals surface area contributed by atoms with Gasteiger partial charge < -0.3 is 29.2 Å². The van der Waals surface area contributed by atoms with Gasteiger partial charge in [0.05, 0.1) is 25.2 Å². The molecule has 1 atom stereocenters. The number of methoxy groups -OCH3 is 1. The van der Waals surface area contributed by atoms with Gasteiger partial charge in [0.15, 0.2) is 5.11 Å². The number of nitrogens with one attached hydrogen (secondary N) is 2. The molecular weight excluding hydrogens is 438 g/mol. The number of amides is 2. The van der Waals surface area contributed by atoms with Crippen molar-refractivity contribution in [3.8, 4) is 5.75 Å². The quantitative estimate of drug-likeness (QED) is 0.273. The minimum Gasteiger partial charge on any atom is -0.490 e. The van der Waals surface area contributed by atoms with E-state index >= 15 is 0 Å². The molecular formula is C21H29N3O7S. The van der Waals surface area contributed by atoms with Crippen LogP contribution < -0.4 is 15.4 Å². The normalized spacial score (nSPS) is 15.6. The fourth-order valence-corrected chi connectivity index (χ4v) is 3.30. The molecule has 0 saturated carbocycles. The third-order valence-electron chi connectivity index (χ3n) is 4.54. The third-order valence-corrected chi connectivity index (χ3v) is 4.88. The van der Waals surface area contributed by atoms with Crippen molar-refractivity contribution >= 4 is 35.1 Å². The Balaban J connectivity index is 2.02. The van der Waals surface area contributed by atoms with Crippen LogP contribution in [0.4, 0.5) is 0 Å². The van der Waals surface area contributed by atoms with Gasteiger partial charge in [0, 0.05) is 26.8 Å². The minimum absolute atomic E-state index is 0.0451. The maximum absolute atomic E-state index is 12.8. The first-order valence-electron chi connectivity index (χ1n) is 10.3. The molecule has 11 heteroatoms. The Labute approximate surface area is 192 Å². The molecule has 1 aliphatic heterocycles. The Kier molecular flexibility index (Phi) is 10.8.